The average Bonchev–Trinajstić information content (AvgIpc) is 2.68. The molecule has 0 amide bonds. The summed E-state index contributed by atoms with van der Waals surface area (Å²) in [6.07, 6.45) is 2.04. The van der Waals surface area contributed by atoms with Crippen molar-refractivity contribution in [2.45, 2.75) is 53.5 Å². The van der Waals surface area contributed by atoms with Crippen molar-refractivity contribution in [1.29, 1.82) is 0 Å². The molecule has 1 heterocycles. The summed E-state index contributed by atoms with van der Waals surface area (Å²) in [6, 6.07) is -0.0395. The Labute approximate surface area is 106 Å². The Morgan fingerprint density at radius 2 is 2.06 bits per heavy atom. The van der Waals surface area contributed by atoms with E-state index in [-0.39, 0.29) is 12.0 Å². The molecule has 17 heavy (non-hydrogen) atoms. The van der Waals surface area contributed by atoms with Crippen molar-refractivity contribution in [3.05, 3.63) is 0 Å². The lowest BCUT2D eigenvalue weighted by molar-refractivity contribution is -0.149. The summed E-state index contributed by atoms with van der Waals surface area (Å²) in [4.78, 5) is 14.2. The van der Waals surface area contributed by atoms with Gasteiger partial charge in [0.25, 0.3) is 0 Å². The molecule has 0 spiro atoms. The molecular weight excluding hydrogens is 214 g/mol. The predicted molar refractivity (Wildman–Crippen MR) is 69.8 cm³/mol. The van der Waals surface area contributed by atoms with E-state index in [0.717, 1.165) is 19.5 Å². The van der Waals surface area contributed by atoms with Crippen molar-refractivity contribution in [3.63, 3.8) is 0 Å². The van der Waals surface area contributed by atoms with E-state index in [2.05, 4.69) is 32.6 Å². The van der Waals surface area contributed by atoms with Gasteiger partial charge in [0.1, 0.15) is 6.04 Å². The summed E-state index contributed by atoms with van der Waals surface area (Å²) in [5.41, 5.74) is 0.335. The first-order valence-corrected chi connectivity index (χ1v) is 6.80. The van der Waals surface area contributed by atoms with Crippen molar-refractivity contribution in [1.82, 2.24) is 4.90 Å². The van der Waals surface area contributed by atoms with Crippen LogP contribution in [0, 0.1) is 11.3 Å². The van der Waals surface area contributed by atoms with Gasteiger partial charge in [-0.25, -0.2) is 0 Å². The molecule has 0 bridgehead atoms. The van der Waals surface area contributed by atoms with Crippen molar-refractivity contribution >= 4 is 5.97 Å². The van der Waals surface area contributed by atoms with Gasteiger partial charge in [-0.2, -0.15) is 0 Å². The molecule has 0 saturated carbocycles. The maximum absolute atomic E-state index is 11.9. The van der Waals surface area contributed by atoms with Crippen LogP contribution in [0.4, 0.5) is 0 Å². The third-order valence-electron chi connectivity index (χ3n) is 3.83. The minimum absolute atomic E-state index is 0.0395. The molecule has 1 rings (SSSR count). The Kier molecular flexibility index (Phi) is 4.99. The van der Waals surface area contributed by atoms with Crippen molar-refractivity contribution in [2.24, 2.45) is 11.3 Å². The molecule has 0 aromatic carbocycles. The number of ether oxygens (including phenoxy) is 1. The fourth-order valence-corrected chi connectivity index (χ4v) is 2.59. The highest BCUT2D eigenvalue weighted by Gasteiger charge is 2.36. The van der Waals surface area contributed by atoms with E-state index in [1.54, 1.807) is 0 Å². The SMILES string of the molecule is CCOC(=O)C(CC)N1CCC(C(C)(C)C)C1. The zero-order chi connectivity index (χ0) is 13.1. The van der Waals surface area contributed by atoms with Crippen LogP contribution < -0.4 is 0 Å². The lowest BCUT2D eigenvalue weighted by Gasteiger charge is -2.29. The molecule has 0 N–H and O–H groups in total. The third-order valence-corrected chi connectivity index (χ3v) is 3.83. The van der Waals surface area contributed by atoms with E-state index < -0.39 is 0 Å². The van der Waals surface area contributed by atoms with Gasteiger partial charge in [-0.05, 0) is 37.6 Å². The molecule has 1 fully saturated rings. The van der Waals surface area contributed by atoms with Gasteiger partial charge < -0.3 is 4.74 Å². The van der Waals surface area contributed by atoms with Gasteiger partial charge in [-0.1, -0.05) is 27.7 Å². The number of hydrogen-bond donors (Lipinski definition) is 0. The number of likely N-dealkylation sites (tertiary alicyclic amines) is 1. The molecule has 2 unspecified atom stereocenters. The number of esters is 1. The van der Waals surface area contributed by atoms with Crippen LogP contribution in [0.1, 0.15) is 47.5 Å². The molecule has 0 aromatic rings. The normalized spacial score (nSPS) is 23.7. The molecule has 1 aliphatic heterocycles. The monoisotopic (exact) mass is 241 g/mol. The highest BCUT2D eigenvalue weighted by atomic mass is 16.5. The highest BCUT2D eigenvalue weighted by molar-refractivity contribution is 5.75. The maximum atomic E-state index is 11.9. The van der Waals surface area contributed by atoms with Gasteiger partial charge in [0, 0.05) is 6.54 Å². The van der Waals surface area contributed by atoms with E-state index in [1.165, 1.54) is 6.42 Å². The van der Waals surface area contributed by atoms with E-state index in [1.807, 2.05) is 6.92 Å². The second kappa shape index (κ2) is 5.85. The van der Waals surface area contributed by atoms with Crippen molar-refractivity contribution in [2.75, 3.05) is 19.7 Å². The van der Waals surface area contributed by atoms with Crippen LogP contribution in [0.3, 0.4) is 0 Å². The van der Waals surface area contributed by atoms with Crippen LogP contribution in [0.5, 0.6) is 0 Å². The van der Waals surface area contributed by atoms with Gasteiger partial charge >= 0.3 is 5.97 Å². The summed E-state index contributed by atoms with van der Waals surface area (Å²) in [5.74, 6) is 0.635. The lowest BCUT2D eigenvalue weighted by atomic mass is 9.80. The first-order chi connectivity index (χ1) is 7.90. The van der Waals surface area contributed by atoms with E-state index in [4.69, 9.17) is 4.74 Å². The van der Waals surface area contributed by atoms with Crippen molar-refractivity contribution < 1.29 is 9.53 Å². The minimum atomic E-state index is -0.0513. The Hall–Kier alpha value is -0.570. The largest absolute Gasteiger partial charge is 0.465 e. The number of carbonyl (C=O) groups is 1. The van der Waals surface area contributed by atoms with E-state index >= 15 is 0 Å². The van der Waals surface area contributed by atoms with Crippen LogP contribution in [-0.2, 0) is 9.53 Å². The van der Waals surface area contributed by atoms with Crippen LogP contribution in [0.15, 0.2) is 0 Å². The molecule has 1 aliphatic rings. The van der Waals surface area contributed by atoms with Crippen molar-refractivity contribution in [3.8, 4) is 0 Å². The minimum Gasteiger partial charge on any atom is -0.465 e. The molecule has 0 radical (unpaired) electrons. The molecule has 0 aromatic heterocycles. The van der Waals surface area contributed by atoms with Crippen LogP contribution in [-0.4, -0.2) is 36.6 Å². The smallest absolute Gasteiger partial charge is 0.323 e. The summed E-state index contributed by atoms with van der Waals surface area (Å²) in [6.45, 7) is 13.3. The average molecular weight is 241 g/mol. The first-order valence-electron chi connectivity index (χ1n) is 6.80. The number of hydrogen-bond acceptors (Lipinski definition) is 3. The number of rotatable bonds is 4. The maximum Gasteiger partial charge on any atom is 0.323 e. The van der Waals surface area contributed by atoms with E-state index in [0.29, 0.717) is 17.9 Å². The zero-order valence-electron chi connectivity index (χ0n) is 12.0. The Morgan fingerprint density at radius 1 is 1.41 bits per heavy atom. The molecule has 3 heteroatoms. The highest BCUT2D eigenvalue weighted by Crippen LogP contribution is 2.34. The number of carbonyl (C=O) groups excluding carboxylic acids is 1. The molecule has 3 nitrogen and oxygen atoms in total. The van der Waals surface area contributed by atoms with Crippen LogP contribution in [0.2, 0.25) is 0 Å². The summed E-state index contributed by atoms with van der Waals surface area (Å²) in [5, 5.41) is 0. The Bertz CT molecular complexity index is 257. The quantitative estimate of drug-likeness (QED) is 0.709. The topological polar surface area (TPSA) is 29.5 Å². The van der Waals surface area contributed by atoms with Gasteiger partial charge in [0.2, 0.25) is 0 Å². The van der Waals surface area contributed by atoms with Crippen LogP contribution in [0.25, 0.3) is 0 Å². The second-order valence-corrected chi connectivity index (χ2v) is 6.02. The fourth-order valence-electron chi connectivity index (χ4n) is 2.59. The second-order valence-electron chi connectivity index (χ2n) is 6.02. The molecule has 0 aliphatic carbocycles. The van der Waals surface area contributed by atoms with Gasteiger partial charge in [0.05, 0.1) is 6.61 Å². The van der Waals surface area contributed by atoms with Crippen LogP contribution >= 0.6 is 0 Å². The predicted octanol–water partition coefficient (Wildman–Crippen LogP) is 2.70. The Balaban J connectivity index is 2.59. The summed E-state index contributed by atoms with van der Waals surface area (Å²) >= 11 is 0. The fraction of sp³-hybridized carbons (Fsp3) is 0.929. The van der Waals surface area contributed by atoms with Gasteiger partial charge in [-0.3, -0.25) is 9.69 Å². The molecular formula is C14H27NO2. The van der Waals surface area contributed by atoms with E-state index in [9.17, 15) is 4.79 Å². The first kappa shape index (κ1) is 14.5. The summed E-state index contributed by atoms with van der Waals surface area (Å²) < 4.78 is 5.15. The van der Waals surface area contributed by atoms with Gasteiger partial charge in [-0.15, -0.1) is 0 Å². The molecule has 2 atom stereocenters. The standard InChI is InChI=1S/C14H27NO2/c1-6-12(13(16)17-7-2)15-9-8-11(10-15)14(3,4)5/h11-12H,6-10H2,1-5H3. The third kappa shape index (κ3) is 3.70. The number of nitrogens with zero attached hydrogens (tertiary/aromatic N) is 1. The zero-order valence-corrected chi connectivity index (χ0v) is 12.0. The molecule has 100 valence electrons. The Morgan fingerprint density at radius 3 is 2.47 bits per heavy atom. The van der Waals surface area contributed by atoms with Gasteiger partial charge in [0.15, 0.2) is 0 Å². The lowest BCUT2D eigenvalue weighted by Crippen LogP contribution is -2.41. The summed E-state index contributed by atoms with van der Waals surface area (Å²) in [7, 11) is 0. The molecule has 1 saturated heterocycles.